The third kappa shape index (κ3) is 2.79. The molecule has 88 valence electrons. The molecule has 0 aliphatic carbocycles. The molecule has 16 heavy (non-hydrogen) atoms. The van der Waals surface area contributed by atoms with E-state index >= 15 is 0 Å². The molecule has 0 radical (unpaired) electrons. The minimum absolute atomic E-state index is 0.172. The molecule has 0 atom stereocenters. The molecule has 0 saturated carbocycles. The summed E-state index contributed by atoms with van der Waals surface area (Å²) >= 11 is 0. The lowest BCUT2D eigenvalue weighted by Crippen LogP contribution is -2.28. The highest BCUT2D eigenvalue weighted by atomic mass is 32.2. The molecule has 1 aromatic rings. The van der Waals surface area contributed by atoms with Gasteiger partial charge in [-0.3, -0.25) is 0 Å². The van der Waals surface area contributed by atoms with Gasteiger partial charge in [0, 0.05) is 12.4 Å². The Labute approximate surface area is 91.2 Å². The van der Waals surface area contributed by atoms with E-state index in [0.29, 0.717) is 0 Å². The van der Waals surface area contributed by atoms with Crippen LogP contribution in [0.2, 0.25) is 0 Å². The summed E-state index contributed by atoms with van der Waals surface area (Å²) in [6.45, 7) is 0. The van der Waals surface area contributed by atoms with Gasteiger partial charge < -0.3 is 15.2 Å². The summed E-state index contributed by atoms with van der Waals surface area (Å²) in [6, 6.07) is 0. The van der Waals surface area contributed by atoms with Crippen molar-refractivity contribution in [1.82, 2.24) is 15.3 Å². The maximum Gasteiger partial charge on any atom is 0.405 e. The first kappa shape index (κ1) is 12.2. The van der Waals surface area contributed by atoms with E-state index in [2.05, 4.69) is 9.97 Å². The highest BCUT2D eigenvalue weighted by Crippen LogP contribution is 2.17. The van der Waals surface area contributed by atoms with Gasteiger partial charge in [-0.15, -0.1) is 0 Å². The van der Waals surface area contributed by atoms with E-state index in [0.717, 1.165) is 0 Å². The van der Waals surface area contributed by atoms with E-state index in [1.54, 1.807) is 5.32 Å². The second-order valence-corrected chi connectivity index (χ2v) is 4.52. The molecule has 0 aliphatic heterocycles. The number of hydrogen-bond acceptors (Lipinski definition) is 6. The zero-order valence-corrected chi connectivity index (χ0v) is 9.06. The number of amides is 1. The minimum atomic E-state index is -3.89. The van der Waals surface area contributed by atoms with Crippen LogP contribution in [-0.4, -0.2) is 42.6 Å². The predicted molar refractivity (Wildman–Crippen MR) is 51.8 cm³/mol. The molecule has 1 aromatic heterocycles. The molecule has 1 heterocycles. The third-order valence-electron chi connectivity index (χ3n) is 1.53. The van der Waals surface area contributed by atoms with Crippen LogP contribution in [0.1, 0.15) is 0 Å². The van der Waals surface area contributed by atoms with Crippen molar-refractivity contribution in [2.75, 3.05) is 13.0 Å². The molecule has 9 heteroatoms. The fraction of sp³-hybridized carbons (Fsp3) is 0.286. The average Bonchev–Trinajstić information content (AvgIpc) is 2.26. The van der Waals surface area contributed by atoms with Crippen LogP contribution in [0.5, 0.6) is 5.88 Å². The fourth-order valence-electron chi connectivity index (χ4n) is 0.891. The van der Waals surface area contributed by atoms with Gasteiger partial charge in [0.15, 0.2) is 0 Å². The van der Waals surface area contributed by atoms with Gasteiger partial charge in [0.25, 0.3) is 5.88 Å². The topological polar surface area (TPSA) is 118 Å². The van der Waals surface area contributed by atoms with Crippen LogP contribution < -0.4 is 10.1 Å². The number of hydrogen-bond donors (Lipinski definition) is 2. The zero-order valence-electron chi connectivity index (χ0n) is 8.24. The average molecular weight is 247 g/mol. The van der Waals surface area contributed by atoms with Crippen molar-refractivity contribution in [1.29, 1.82) is 0 Å². The Hall–Kier alpha value is -1.90. The summed E-state index contributed by atoms with van der Waals surface area (Å²) in [4.78, 5) is 17.4. The first-order valence-electron chi connectivity index (χ1n) is 4.02. The second-order valence-electron chi connectivity index (χ2n) is 2.61. The molecule has 1 amide bonds. The lowest BCUT2D eigenvalue weighted by molar-refractivity contribution is 0.196. The summed E-state index contributed by atoms with van der Waals surface area (Å²) in [7, 11) is -2.64. The molecule has 8 nitrogen and oxygen atoms in total. The normalized spacial score (nSPS) is 10.8. The lowest BCUT2D eigenvalue weighted by atomic mass is 10.7. The Balaban J connectivity index is 3.02. The summed E-state index contributed by atoms with van der Waals surface area (Å²) in [5.41, 5.74) is 0. The molecule has 2 N–H and O–H groups in total. The summed E-state index contributed by atoms with van der Waals surface area (Å²) in [5, 5.41) is 9.65. The van der Waals surface area contributed by atoms with Gasteiger partial charge in [0.2, 0.25) is 14.9 Å². The number of ether oxygens (including phenoxy) is 1. The molecule has 0 fully saturated rings. The van der Waals surface area contributed by atoms with Crippen LogP contribution in [-0.2, 0) is 9.84 Å². The van der Waals surface area contributed by atoms with E-state index in [1.165, 1.54) is 19.5 Å². The first-order valence-corrected chi connectivity index (χ1v) is 5.67. The van der Waals surface area contributed by atoms with E-state index in [4.69, 9.17) is 9.84 Å². The van der Waals surface area contributed by atoms with Gasteiger partial charge in [0.05, 0.1) is 7.11 Å². The van der Waals surface area contributed by atoms with Crippen LogP contribution >= 0.6 is 0 Å². The number of sulfone groups is 1. The number of carbonyl (C=O) groups is 1. The number of aromatic nitrogens is 2. The van der Waals surface area contributed by atoms with Gasteiger partial charge in [-0.1, -0.05) is 0 Å². The molecular formula is C7H9N3O5S. The molecule has 0 aromatic carbocycles. The maximum atomic E-state index is 11.6. The SMILES string of the molecule is COc1nccnc1S(=O)(=O)CNC(=O)O. The van der Waals surface area contributed by atoms with Crippen LogP contribution in [0.15, 0.2) is 17.4 Å². The molecular weight excluding hydrogens is 238 g/mol. The van der Waals surface area contributed by atoms with Crippen molar-refractivity contribution in [2.24, 2.45) is 0 Å². The molecule has 0 unspecified atom stereocenters. The smallest absolute Gasteiger partial charge is 0.405 e. The predicted octanol–water partition coefficient (Wildman–Crippen LogP) is -0.516. The largest absolute Gasteiger partial charge is 0.479 e. The van der Waals surface area contributed by atoms with Crippen LogP contribution in [0.3, 0.4) is 0 Å². The quantitative estimate of drug-likeness (QED) is 0.735. The van der Waals surface area contributed by atoms with Crippen LogP contribution in [0.25, 0.3) is 0 Å². The van der Waals surface area contributed by atoms with Crippen molar-refractivity contribution in [3.63, 3.8) is 0 Å². The summed E-state index contributed by atoms with van der Waals surface area (Å²) in [6.07, 6.45) is 1.00. The standard InChI is InChI=1S/C7H9N3O5S/c1-15-5-6(9-3-2-8-5)16(13,14)4-10-7(11)12/h2-3,10H,4H2,1H3,(H,11,12). The maximum absolute atomic E-state index is 11.6. The van der Waals surface area contributed by atoms with Crippen LogP contribution in [0.4, 0.5) is 4.79 Å². The fourth-order valence-corrected chi connectivity index (χ4v) is 1.96. The van der Waals surface area contributed by atoms with Crippen LogP contribution in [0, 0.1) is 0 Å². The summed E-state index contributed by atoms with van der Waals surface area (Å²) < 4.78 is 27.9. The van der Waals surface area contributed by atoms with E-state index < -0.39 is 26.8 Å². The lowest BCUT2D eigenvalue weighted by Gasteiger charge is -2.06. The molecule has 0 bridgehead atoms. The van der Waals surface area contributed by atoms with E-state index in [9.17, 15) is 13.2 Å². The highest BCUT2D eigenvalue weighted by Gasteiger charge is 2.22. The highest BCUT2D eigenvalue weighted by molar-refractivity contribution is 7.91. The number of carboxylic acid groups (broad SMARTS) is 1. The van der Waals surface area contributed by atoms with Gasteiger partial charge in [-0.05, 0) is 0 Å². The zero-order chi connectivity index (χ0) is 12.2. The Bertz CT molecular complexity index is 487. The van der Waals surface area contributed by atoms with Crippen molar-refractivity contribution >= 4 is 15.9 Å². The third-order valence-corrected chi connectivity index (χ3v) is 2.93. The molecule has 1 rings (SSSR count). The monoisotopic (exact) mass is 247 g/mol. The molecule has 0 spiro atoms. The Morgan fingerprint density at radius 3 is 2.69 bits per heavy atom. The number of nitrogens with one attached hydrogen (secondary N) is 1. The number of rotatable bonds is 4. The van der Waals surface area contributed by atoms with Gasteiger partial charge >= 0.3 is 6.09 Å². The summed E-state index contributed by atoms with van der Waals surface area (Å²) in [5.74, 6) is -0.952. The Morgan fingerprint density at radius 2 is 2.12 bits per heavy atom. The first-order chi connectivity index (χ1) is 7.47. The molecule has 0 aliphatic rings. The van der Waals surface area contributed by atoms with Crippen molar-refractivity contribution in [3.05, 3.63) is 12.4 Å². The van der Waals surface area contributed by atoms with Gasteiger partial charge in [-0.2, -0.15) is 0 Å². The van der Waals surface area contributed by atoms with Crippen molar-refractivity contribution in [2.45, 2.75) is 5.03 Å². The Morgan fingerprint density at radius 1 is 1.50 bits per heavy atom. The van der Waals surface area contributed by atoms with Crippen molar-refractivity contribution in [3.8, 4) is 5.88 Å². The van der Waals surface area contributed by atoms with Crippen molar-refractivity contribution < 1.29 is 23.1 Å². The molecule has 0 saturated heterocycles. The number of methoxy groups -OCH3 is 1. The Kier molecular flexibility index (Phi) is 3.61. The van der Waals surface area contributed by atoms with E-state index in [-0.39, 0.29) is 5.88 Å². The van der Waals surface area contributed by atoms with Gasteiger partial charge in [0.1, 0.15) is 5.88 Å². The van der Waals surface area contributed by atoms with Gasteiger partial charge in [-0.25, -0.2) is 23.2 Å². The second kappa shape index (κ2) is 4.75. The minimum Gasteiger partial charge on any atom is -0.479 e. The van der Waals surface area contributed by atoms with E-state index in [1.807, 2.05) is 0 Å². The number of nitrogens with zero attached hydrogens (tertiary/aromatic N) is 2.